The van der Waals surface area contributed by atoms with Crippen LogP contribution in [0.25, 0.3) is 0 Å². The van der Waals surface area contributed by atoms with Gasteiger partial charge in [-0.25, -0.2) is 14.8 Å². The SMILES string of the molecule is O=C(Nc1ccccc1Cl)N1CC2CN(c3ncccn3)CC2C1. The fourth-order valence-corrected chi connectivity index (χ4v) is 3.72. The van der Waals surface area contributed by atoms with Gasteiger partial charge in [-0.05, 0) is 18.2 Å². The Bertz CT molecular complexity index is 727. The molecule has 2 saturated heterocycles. The van der Waals surface area contributed by atoms with E-state index in [-0.39, 0.29) is 6.03 Å². The summed E-state index contributed by atoms with van der Waals surface area (Å²) in [5, 5.41) is 3.45. The molecule has 2 aliphatic heterocycles. The number of urea groups is 1. The number of benzene rings is 1. The van der Waals surface area contributed by atoms with Gasteiger partial charge in [0.05, 0.1) is 10.7 Å². The third-order valence-corrected chi connectivity index (χ3v) is 5.05. The van der Waals surface area contributed by atoms with Crippen molar-refractivity contribution in [3.63, 3.8) is 0 Å². The van der Waals surface area contributed by atoms with Gasteiger partial charge in [0, 0.05) is 50.4 Å². The molecule has 2 unspecified atom stereocenters. The maximum atomic E-state index is 12.5. The van der Waals surface area contributed by atoms with E-state index in [1.54, 1.807) is 18.5 Å². The Morgan fingerprint density at radius 2 is 1.71 bits per heavy atom. The number of likely N-dealkylation sites (tertiary alicyclic amines) is 1. The van der Waals surface area contributed by atoms with Crippen molar-refractivity contribution in [2.45, 2.75) is 0 Å². The zero-order valence-electron chi connectivity index (χ0n) is 13.1. The van der Waals surface area contributed by atoms with Crippen molar-refractivity contribution in [1.82, 2.24) is 14.9 Å². The number of hydrogen-bond acceptors (Lipinski definition) is 4. The number of hydrogen-bond donors (Lipinski definition) is 1. The Labute approximate surface area is 145 Å². The van der Waals surface area contributed by atoms with Gasteiger partial charge in [-0.2, -0.15) is 0 Å². The molecule has 6 nitrogen and oxygen atoms in total. The van der Waals surface area contributed by atoms with Crippen molar-refractivity contribution in [3.8, 4) is 0 Å². The number of para-hydroxylation sites is 1. The Kier molecular flexibility index (Phi) is 3.98. The average Bonchev–Trinajstić information content (AvgIpc) is 3.17. The van der Waals surface area contributed by atoms with Crippen LogP contribution in [0.2, 0.25) is 5.02 Å². The molecule has 1 aromatic heterocycles. The summed E-state index contributed by atoms with van der Waals surface area (Å²) in [6.07, 6.45) is 3.53. The first kappa shape index (κ1) is 15.2. The van der Waals surface area contributed by atoms with Gasteiger partial charge in [-0.15, -0.1) is 0 Å². The summed E-state index contributed by atoms with van der Waals surface area (Å²) in [5.74, 6) is 1.70. The molecule has 2 fully saturated rings. The molecule has 124 valence electrons. The van der Waals surface area contributed by atoms with E-state index in [1.807, 2.05) is 29.2 Å². The van der Waals surface area contributed by atoms with Crippen LogP contribution in [0.5, 0.6) is 0 Å². The molecule has 0 radical (unpaired) electrons. The minimum Gasteiger partial charge on any atom is -0.340 e. The van der Waals surface area contributed by atoms with Crippen molar-refractivity contribution < 1.29 is 4.79 Å². The Balaban J connectivity index is 1.37. The number of fused-ring (bicyclic) bond motifs is 1. The minimum atomic E-state index is -0.0833. The van der Waals surface area contributed by atoms with Crippen molar-refractivity contribution in [2.75, 3.05) is 36.4 Å². The number of rotatable bonds is 2. The molecule has 2 atom stereocenters. The molecule has 2 aromatic rings. The van der Waals surface area contributed by atoms with E-state index in [1.165, 1.54) is 0 Å². The molecule has 0 spiro atoms. The van der Waals surface area contributed by atoms with Crippen molar-refractivity contribution in [1.29, 1.82) is 0 Å². The van der Waals surface area contributed by atoms with Gasteiger partial charge >= 0.3 is 6.03 Å². The third kappa shape index (κ3) is 2.89. The zero-order chi connectivity index (χ0) is 16.5. The van der Waals surface area contributed by atoms with Gasteiger partial charge in [-0.1, -0.05) is 23.7 Å². The summed E-state index contributed by atoms with van der Waals surface area (Å²) in [6, 6.07) is 9.02. The first-order valence-corrected chi connectivity index (χ1v) is 8.41. The van der Waals surface area contributed by atoms with Crippen molar-refractivity contribution >= 4 is 29.3 Å². The standard InChI is InChI=1S/C17H18ClN5O/c18-14-4-1-2-5-15(14)21-17(24)23-10-12-8-22(9-13(12)11-23)16-19-6-3-7-20-16/h1-7,12-13H,8-11H2,(H,21,24). The van der Waals surface area contributed by atoms with E-state index >= 15 is 0 Å². The van der Waals surface area contributed by atoms with Crippen LogP contribution in [0, 0.1) is 11.8 Å². The molecule has 4 rings (SSSR count). The maximum Gasteiger partial charge on any atom is 0.321 e. The highest BCUT2D eigenvalue weighted by Crippen LogP contribution is 2.33. The number of nitrogens with one attached hydrogen (secondary N) is 1. The van der Waals surface area contributed by atoms with Crippen molar-refractivity contribution in [2.24, 2.45) is 11.8 Å². The molecular formula is C17H18ClN5O. The Morgan fingerprint density at radius 1 is 1.04 bits per heavy atom. The lowest BCUT2D eigenvalue weighted by Gasteiger charge is -2.22. The number of halogens is 1. The topological polar surface area (TPSA) is 61.4 Å². The number of anilines is 2. The molecule has 24 heavy (non-hydrogen) atoms. The number of amides is 2. The molecule has 1 N–H and O–H groups in total. The third-order valence-electron chi connectivity index (χ3n) is 4.72. The molecule has 7 heteroatoms. The van der Waals surface area contributed by atoms with Crippen molar-refractivity contribution in [3.05, 3.63) is 47.7 Å². The number of nitrogens with zero attached hydrogens (tertiary/aromatic N) is 4. The van der Waals surface area contributed by atoms with E-state index in [4.69, 9.17) is 11.6 Å². The summed E-state index contributed by atoms with van der Waals surface area (Å²) in [4.78, 5) is 25.2. The number of carbonyl (C=O) groups is 1. The largest absolute Gasteiger partial charge is 0.340 e. The monoisotopic (exact) mass is 343 g/mol. The predicted octanol–water partition coefficient (Wildman–Crippen LogP) is 2.73. The normalized spacial score (nSPS) is 22.5. The highest BCUT2D eigenvalue weighted by atomic mass is 35.5. The summed E-state index contributed by atoms with van der Waals surface area (Å²) >= 11 is 6.10. The van der Waals surface area contributed by atoms with Crippen LogP contribution in [-0.4, -0.2) is 47.1 Å². The Morgan fingerprint density at radius 3 is 2.38 bits per heavy atom. The van der Waals surface area contributed by atoms with Crippen LogP contribution in [0.3, 0.4) is 0 Å². The summed E-state index contributed by atoms with van der Waals surface area (Å²) < 4.78 is 0. The second-order valence-corrected chi connectivity index (χ2v) is 6.70. The molecule has 2 aliphatic rings. The lowest BCUT2D eigenvalue weighted by molar-refractivity contribution is 0.219. The summed E-state index contributed by atoms with van der Waals surface area (Å²) in [5.41, 5.74) is 0.653. The average molecular weight is 344 g/mol. The molecule has 2 amide bonds. The van der Waals surface area contributed by atoms with Gasteiger partial charge in [0.2, 0.25) is 5.95 Å². The molecular weight excluding hydrogens is 326 g/mol. The van der Waals surface area contributed by atoms with Gasteiger partial charge in [0.15, 0.2) is 0 Å². The lowest BCUT2D eigenvalue weighted by atomic mass is 10.0. The molecule has 1 aromatic carbocycles. The van der Waals surface area contributed by atoms with Crippen LogP contribution in [-0.2, 0) is 0 Å². The summed E-state index contributed by atoms with van der Waals surface area (Å²) in [6.45, 7) is 3.30. The second kappa shape index (κ2) is 6.28. The fraction of sp³-hybridized carbons (Fsp3) is 0.353. The Hall–Kier alpha value is -2.34. The summed E-state index contributed by atoms with van der Waals surface area (Å²) in [7, 11) is 0. The molecule has 0 saturated carbocycles. The number of carbonyl (C=O) groups excluding carboxylic acids is 1. The smallest absolute Gasteiger partial charge is 0.321 e. The molecule has 0 bridgehead atoms. The van der Waals surface area contributed by atoms with E-state index < -0.39 is 0 Å². The lowest BCUT2D eigenvalue weighted by Crippen LogP contribution is -2.36. The highest BCUT2D eigenvalue weighted by Gasteiger charge is 2.42. The van der Waals surface area contributed by atoms with E-state index in [0.29, 0.717) is 22.5 Å². The van der Waals surface area contributed by atoms with E-state index in [2.05, 4.69) is 20.2 Å². The molecule has 0 aliphatic carbocycles. The van der Waals surface area contributed by atoms with Gasteiger partial charge in [0.25, 0.3) is 0 Å². The quantitative estimate of drug-likeness (QED) is 0.910. The van der Waals surface area contributed by atoms with Crippen LogP contribution in [0.15, 0.2) is 42.7 Å². The second-order valence-electron chi connectivity index (χ2n) is 6.29. The zero-order valence-corrected chi connectivity index (χ0v) is 13.9. The van der Waals surface area contributed by atoms with Crippen LogP contribution in [0.4, 0.5) is 16.4 Å². The van der Waals surface area contributed by atoms with E-state index in [0.717, 1.165) is 32.1 Å². The van der Waals surface area contributed by atoms with Gasteiger partial charge in [0.1, 0.15) is 0 Å². The van der Waals surface area contributed by atoms with Gasteiger partial charge < -0.3 is 15.1 Å². The minimum absolute atomic E-state index is 0.0833. The highest BCUT2D eigenvalue weighted by molar-refractivity contribution is 6.33. The van der Waals surface area contributed by atoms with Crippen LogP contribution >= 0.6 is 11.6 Å². The van der Waals surface area contributed by atoms with Crippen LogP contribution < -0.4 is 10.2 Å². The fourth-order valence-electron chi connectivity index (χ4n) is 3.53. The molecule has 3 heterocycles. The first-order chi connectivity index (χ1) is 11.7. The first-order valence-electron chi connectivity index (χ1n) is 8.03. The van der Waals surface area contributed by atoms with E-state index in [9.17, 15) is 4.79 Å². The maximum absolute atomic E-state index is 12.5. The predicted molar refractivity (Wildman–Crippen MR) is 93.3 cm³/mol. The number of aromatic nitrogens is 2. The van der Waals surface area contributed by atoms with Crippen LogP contribution in [0.1, 0.15) is 0 Å². The van der Waals surface area contributed by atoms with Gasteiger partial charge in [-0.3, -0.25) is 0 Å².